The van der Waals surface area contributed by atoms with Gasteiger partial charge in [0.2, 0.25) is 5.78 Å². The number of carbonyl (C=O) groups is 2. The van der Waals surface area contributed by atoms with Gasteiger partial charge in [0.1, 0.15) is 44.4 Å². The van der Waals surface area contributed by atoms with E-state index in [-0.39, 0.29) is 23.5 Å². The van der Waals surface area contributed by atoms with E-state index < -0.39 is 5.41 Å². The van der Waals surface area contributed by atoms with Gasteiger partial charge in [-0.15, -0.1) is 0 Å². The van der Waals surface area contributed by atoms with Crippen LogP contribution >= 0.6 is 0 Å². The van der Waals surface area contributed by atoms with Crippen LogP contribution in [0.2, 0.25) is 0 Å². The number of aldehydes is 1. The minimum absolute atomic E-state index is 0.0401. The third-order valence-electron chi connectivity index (χ3n) is 9.29. The third kappa shape index (κ3) is 2.66. The van der Waals surface area contributed by atoms with Crippen LogP contribution in [-0.2, 0) is 10.2 Å². The molecule has 5 aliphatic rings. The van der Waals surface area contributed by atoms with Crippen molar-refractivity contribution >= 4 is 17.8 Å². The maximum absolute atomic E-state index is 13.8. The Morgan fingerprint density at radius 2 is 2.06 bits per heavy atom. The second-order valence-corrected chi connectivity index (χ2v) is 10.7. The molecule has 2 fully saturated rings. The minimum atomic E-state index is -0.396. The van der Waals surface area contributed by atoms with E-state index >= 15 is 0 Å². The van der Waals surface area contributed by atoms with Gasteiger partial charge in [-0.25, -0.2) is 0 Å². The number of Topliss-reactive ketones (excluding diaryl/α,β-unsaturated/α-hetero) is 1. The lowest BCUT2D eigenvalue weighted by atomic mass is 9.61. The summed E-state index contributed by atoms with van der Waals surface area (Å²) in [6.07, 6.45) is 4.79. The van der Waals surface area contributed by atoms with Gasteiger partial charge in [0.25, 0.3) is 0 Å². The number of para-hydroxylation sites is 1. The molecule has 36 heavy (non-hydrogen) atoms. The number of nitrogens with one attached hydrogen (secondary N) is 1. The average Bonchev–Trinajstić information content (AvgIpc) is 3.43. The van der Waals surface area contributed by atoms with Crippen molar-refractivity contribution in [3.63, 3.8) is 0 Å². The maximum Gasteiger partial charge on any atom is 0.217 e. The number of allylic oxidation sites excluding steroid dienone is 2. The van der Waals surface area contributed by atoms with Gasteiger partial charge >= 0.3 is 0 Å². The molecule has 7 heteroatoms. The molecule has 2 aromatic carbocycles. The molecule has 4 heterocycles. The van der Waals surface area contributed by atoms with Crippen LogP contribution in [0.25, 0.3) is 0 Å². The highest BCUT2D eigenvalue weighted by Gasteiger charge is 2.69. The Hall–Kier alpha value is -3.58. The Morgan fingerprint density at radius 3 is 2.86 bits per heavy atom. The number of piperidine rings is 1. The van der Waals surface area contributed by atoms with E-state index in [1.807, 2.05) is 31.2 Å². The van der Waals surface area contributed by atoms with Gasteiger partial charge in [-0.1, -0.05) is 18.2 Å². The summed E-state index contributed by atoms with van der Waals surface area (Å²) in [5.41, 5.74) is 4.95. The molecule has 4 aliphatic heterocycles. The summed E-state index contributed by atoms with van der Waals surface area (Å²) < 4.78 is 12.0. The molecule has 184 valence electrons. The number of rotatable bonds is 4. The number of phenolic OH excluding ortho intramolecular Hbond substituents is 1. The summed E-state index contributed by atoms with van der Waals surface area (Å²) in [7, 11) is 0. The number of aromatic hydroxyl groups is 1. The molecule has 0 unspecified atom stereocenters. The number of hydrogen-bond acceptors (Lipinski definition) is 6. The van der Waals surface area contributed by atoms with Crippen LogP contribution in [0.15, 0.2) is 59.3 Å². The summed E-state index contributed by atoms with van der Waals surface area (Å²) in [4.78, 5) is 26.3. The summed E-state index contributed by atoms with van der Waals surface area (Å²) >= 11 is 0. The molecule has 7 nitrogen and oxygen atoms in total. The van der Waals surface area contributed by atoms with Crippen LogP contribution in [0.1, 0.15) is 35.7 Å². The van der Waals surface area contributed by atoms with Crippen molar-refractivity contribution in [2.24, 2.45) is 5.92 Å². The van der Waals surface area contributed by atoms with Crippen LogP contribution < -0.4 is 14.8 Å². The first kappa shape index (κ1) is 21.7. The van der Waals surface area contributed by atoms with Crippen LogP contribution in [-0.4, -0.2) is 60.5 Å². The summed E-state index contributed by atoms with van der Waals surface area (Å²) in [6.45, 7) is 4.99. The molecule has 2 aromatic rings. The molecule has 0 saturated carbocycles. The van der Waals surface area contributed by atoms with Crippen molar-refractivity contribution in [2.45, 2.75) is 31.2 Å². The SMILES string of the molecule is C/C=C1/C[N@+]2(CC(=O)c3ccc4c(c3)OCCO4)CC[C@]34C(=C(C=O)[C@H]1C[C@@H]32)Nc1c(O)cccc14. The van der Waals surface area contributed by atoms with Crippen molar-refractivity contribution < 1.29 is 28.7 Å². The summed E-state index contributed by atoms with van der Waals surface area (Å²) in [5.74, 6) is 1.64. The average molecular weight is 486 g/mol. The van der Waals surface area contributed by atoms with E-state index in [0.717, 1.165) is 49.1 Å². The number of hydrogen-bond donors (Lipinski definition) is 2. The molecule has 1 spiro atoms. The Kier molecular flexibility index (Phi) is 4.49. The van der Waals surface area contributed by atoms with Crippen LogP contribution in [0.4, 0.5) is 5.69 Å². The van der Waals surface area contributed by atoms with Crippen molar-refractivity contribution in [3.8, 4) is 17.2 Å². The zero-order valence-electron chi connectivity index (χ0n) is 20.3. The lowest BCUT2D eigenvalue weighted by Gasteiger charge is -2.53. The van der Waals surface area contributed by atoms with Crippen LogP contribution in [0.5, 0.6) is 17.2 Å². The monoisotopic (exact) mass is 485 g/mol. The fourth-order valence-electron chi connectivity index (χ4n) is 7.78. The second-order valence-electron chi connectivity index (χ2n) is 10.7. The maximum atomic E-state index is 13.8. The van der Waals surface area contributed by atoms with E-state index in [1.165, 1.54) is 5.57 Å². The molecule has 0 radical (unpaired) electrons. The molecule has 2 saturated heterocycles. The Morgan fingerprint density at radius 1 is 1.22 bits per heavy atom. The van der Waals surface area contributed by atoms with Gasteiger partial charge in [-0.3, -0.25) is 9.59 Å². The van der Waals surface area contributed by atoms with E-state index in [4.69, 9.17) is 9.47 Å². The normalized spacial score (nSPS) is 32.1. The van der Waals surface area contributed by atoms with Crippen molar-refractivity contribution in [2.75, 3.05) is 38.2 Å². The predicted octanol–water partition coefficient (Wildman–Crippen LogP) is 3.73. The molecule has 2 bridgehead atoms. The van der Waals surface area contributed by atoms with E-state index in [0.29, 0.717) is 47.0 Å². The number of nitrogens with zero attached hydrogens (tertiary/aromatic N) is 1. The molecular formula is C29H29N2O5+. The lowest BCUT2D eigenvalue weighted by Crippen LogP contribution is -2.64. The summed E-state index contributed by atoms with van der Waals surface area (Å²) in [5, 5.41) is 14.2. The van der Waals surface area contributed by atoms with E-state index in [9.17, 15) is 14.7 Å². The van der Waals surface area contributed by atoms with Gasteiger partial charge < -0.3 is 24.4 Å². The molecular weight excluding hydrogens is 456 g/mol. The van der Waals surface area contributed by atoms with Crippen molar-refractivity contribution in [3.05, 3.63) is 70.4 Å². The zero-order valence-corrected chi connectivity index (χ0v) is 20.3. The quantitative estimate of drug-likeness (QED) is 0.226. The molecule has 0 aromatic heterocycles. The number of carbonyl (C=O) groups excluding carboxylic acids is 2. The fraction of sp³-hybridized carbons (Fsp3) is 0.379. The number of quaternary nitrogens is 1. The first-order valence-electron chi connectivity index (χ1n) is 12.7. The smallest absolute Gasteiger partial charge is 0.217 e. The number of ether oxygens (including phenoxy) is 2. The Balaban J connectivity index is 1.34. The molecule has 4 atom stereocenters. The highest BCUT2D eigenvalue weighted by Crippen LogP contribution is 2.64. The van der Waals surface area contributed by atoms with Crippen molar-refractivity contribution in [1.29, 1.82) is 0 Å². The van der Waals surface area contributed by atoms with Gasteiger partial charge in [0, 0.05) is 35.6 Å². The number of benzene rings is 2. The highest BCUT2D eigenvalue weighted by atomic mass is 16.6. The lowest BCUT2D eigenvalue weighted by molar-refractivity contribution is -0.934. The molecule has 1 aliphatic carbocycles. The third-order valence-corrected chi connectivity index (χ3v) is 9.29. The Bertz CT molecular complexity index is 1390. The first-order valence-corrected chi connectivity index (χ1v) is 12.7. The standard InChI is InChI=1S/C29H28N2O5/c1-2-17-14-31(15-23(34)18-6-7-24-25(12-18)36-11-10-35-24)9-8-29-21-4-3-5-22(33)27(21)30-28(29)20(16-32)19(17)13-26(29)31/h2-7,12,16,19,26H,8-11,13-15H2,1H3,(H-,30,32,33)/p+1/b17-2-/t19-,26-,29+,31-/m0/s1. The van der Waals surface area contributed by atoms with Crippen LogP contribution in [0.3, 0.4) is 0 Å². The Labute approximate surface area is 209 Å². The number of phenols is 1. The number of anilines is 1. The molecule has 0 amide bonds. The van der Waals surface area contributed by atoms with Gasteiger partial charge in [-0.2, -0.15) is 0 Å². The summed E-state index contributed by atoms with van der Waals surface area (Å²) in [6, 6.07) is 11.3. The number of fused-ring (bicyclic) bond motifs is 3. The highest BCUT2D eigenvalue weighted by molar-refractivity contribution is 5.98. The van der Waals surface area contributed by atoms with Crippen molar-refractivity contribution in [1.82, 2.24) is 0 Å². The van der Waals surface area contributed by atoms with Gasteiger partial charge in [0.05, 0.1) is 17.6 Å². The zero-order chi connectivity index (χ0) is 24.7. The first-order chi connectivity index (χ1) is 17.5. The predicted molar refractivity (Wildman–Crippen MR) is 133 cm³/mol. The van der Waals surface area contributed by atoms with E-state index in [1.54, 1.807) is 6.07 Å². The van der Waals surface area contributed by atoms with E-state index in [2.05, 4.69) is 17.5 Å². The van der Waals surface area contributed by atoms with Crippen LogP contribution in [0, 0.1) is 5.92 Å². The fourth-order valence-corrected chi connectivity index (χ4v) is 7.78. The van der Waals surface area contributed by atoms with Gasteiger partial charge in [0.15, 0.2) is 11.5 Å². The largest absolute Gasteiger partial charge is 0.506 e. The molecule has 7 rings (SSSR count). The minimum Gasteiger partial charge on any atom is -0.506 e. The topological polar surface area (TPSA) is 84.9 Å². The second kappa shape index (κ2) is 7.46. The molecule has 2 N–H and O–H groups in total. The van der Waals surface area contributed by atoms with Gasteiger partial charge in [-0.05, 0) is 42.3 Å². The number of ketones is 1.